The van der Waals surface area contributed by atoms with Gasteiger partial charge in [0.05, 0.1) is 17.4 Å². The molecule has 8 heteroatoms. The van der Waals surface area contributed by atoms with E-state index in [4.69, 9.17) is 0 Å². The van der Waals surface area contributed by atoms with E-state index in [9.17, 15) is 9.59 Å². The number of pyridine rings is 1. The summed E-state index contributed by atoms with van der Waals surface area (Å²) in [4.78, 5) is 42.8. The van der Waals surface area contributed by atoms with Crippen LogP contribution in [0.2, 0.25) is 0 Å². The lowest BCUT2D eigenvalue weighted by atomic mass is 10.0. The van der Waals surface area contributed by atoms with Crippen LogP contribution in [0.5, 0.6) is 0 Å². The van der Waals surface area contributed by atoms with Crippen LogP contribution >= 0.6 is 0 Å². The molecule has 30 heavy (non-hydrogen) atoms. The molecule has 0 saturated carbocycles. The van der Waals surface area contributed by atoms with Crippen molar-refractivity contribution < 1.29 is 4.79 Å². The van der Waals surface area contributed by atoms with Gasteiger partial charge in [0.15, 0.2) is 0 Å². The Balaban J connectivity index is 1.52. The zero-order chi connectivity index (χ0) is 20.5. The van der Waals surface area contributed by atoms with Crippen molar-refractivity contribution >= 4 is 16.7 Å². The number of carbonyl (C=O) groups is 1. The Hall–Kier alpha value is -3.94. The molecular formula is C22H18N6O2. The molecule has 0 bridgehead atoms. The van der Waals surface area contributed by atoms with Gasteiger partial charge in [-0.05, 0) is 30.4 Å². The molecule has 0 aliphatic carbocycles. The van der Waals surface area contributed by atoms with Gasteiger partial charge < -0.3 is 5.32 Å². The van der Waals surface area contributed by atoms with Gasteiger partial charge in [-0.2, -0.15) is 0 Å². The maximum atomic E-state index is 13.1. The minimum Gasteiger partial charge on any atom is -0.341 e. The highest BCUT2D eigenvalue weighted by molar-refractivity contribution is 6.05. The molecule has 5 rings (SSSR count). The second kappa shape index (κ2) is 7.47. The summed E-state index contributed by atoms with van der Waals surface area (Å²) in [6.07, 6.45) is 6.11. The van der Waals surface area contributed by atoms with Gasteiger partial charge in [-0.1, -0.05) is 24.3 Å². The van der Waals surface area contributed by atoms with Crippen LogP contribution in [-0.2, 0) is 6.54 Å². The SMILES string of the molecule is O=C(NC1CCCn2c1nc(-c1ccncn1)cc2=O)c1nccc2ccccc12. The summed E-state index contributed by atoms with van der Waals surface area (Å²) in [5, 5.41) is 4.76. The van der Waals surface area contributed by atoms with Crippen molar-refractivity contribution in [3.63, 3.8) is 0 Å². The van der Waals surface area contributed by atoms with Gasteiger partial charge in [-0.3, -0.25) is 19.1 Å². The van der Waals surface area contributed by atoms with E-state index in [0.717, 1.165) is 17.2 Å². The zero-order valence-electron chi connectivity index (χ0n) is 16.0. The third-order valence-corrected chi connectivity index (χ3v) is 5.26. The zero-order valence-corrected chi connectivity index (χ0v) is 16.0. The summed E-state index contributed by atoms with van der Waals surface area (Å²) in [5.74, 6) is 0.253. The van der Waals surface area contributed by atoms with Gasteiger partial charge in [-0.25, -0.2) is 15.0 Å². The molecule has 1 aromatic carbocycles. The highest BCUT2D eigenvalue weighted by atomic mass is 16.2. The molecule has 8 nitrogen and oxygen atoms in total. The molecule has 1 aliphatic heterocycles. The van der Waals surface area contributed by atoms with E-state index in [-0.39, 0.29) is 17.5 Å². The van der Waals surface area contributed by atoms with Gasteiger partial charge in [0.25, 0.3) is 11.5 Å². The van der Waals surface area contributed by atoms with Crippen molar-refractivity contribution in [2.24, 2.45) is 0 Å². The molecule has 1 atom stereocenters. The maximum absolute atomic E-state index is 13.1. The molecular weight excluding hydrogens is 380 g/mol. The molecule has 4 aromatic rings. The first-order valence-corrected chi connectivity index (χ1v) is 9.73. The first kappa shape index (κ1) is 18.1. The number of hydrogen-bond donors (Lipinski definition) is 1. The predicted molar refractivity (Wildman–Crippen MR) is 111 cm³/mol. The maximum Gasteiger partial charge on any atom is 0.271 e. The summed E-state index contributed by atoms with van der Waals surface area (Å²) in [6.45, 7) is 0.574. The Morgan fingerprint density at radius 1 is 1.07 bits per heavy atom. The first-order valence-electron chi connectivity index (χ1n) is 9.73. The number of nitrogens with zero attached hydrogens (tertiary/aromatic N) is 5. The van der Waals surface area contributed by atoms with Gasteiger partial charge in [-0.15, -0.1) is 0 Å². The van der Waals surface area contributed by atoms with E-state index in [1.807, 2.05) is 30.3 Å². The Morgan fingerprint density at radius 3 is 2.83 bits per heavy atom. The number of fused-ring (bicyclic) bond motifs is 2. The monoisotopic (exact) mass is 398 g/mol. The number of nitrogens with one attached hydrogen (secondary N) is 1. The second-order valence-corrected chi connectivity index (χ2v) is 7.13. The molecule has 0 spiro atoms. The van der Waals surface area contributed by atoms with Crippen molar-refractivity contribution in [1.29, 1.82) is 0 Å². The van der Waals surface area contributed by atoms with Crippen LogP contribution in [-0.4, -0.2) is 30.4 Å². The summed E-state index contributed by atoms with van der Waals surface area (Å²) in [7, 11) is 0. The van der Waals surface area contributed by atoms with Crippen molar-refractivity contribution in [3.8, 4) is 11.4 Å². The molecule has 0 radical (unpaired) electrons. The third kappa shape index (κ3) is 3.22. The first-order chi connectivity index (χ1) is 14.7. The van der Waals surface area contributed by atoms with Crippen LogP contribution in [0.25, 0.3) is 22.2 Å². The average Bonchev–Trinajstić information content (AvgIpc) is 2.79. The van der Waals surface area contributed by atoms with E-state index in [0.29, 0.717) is 35.9 Å². The molecule has 1 unspecified atom stereocenters. The van der Waals surface area contributed by atoms with E-state index >= 15 is 0 Å². The molecule has 0 saturated heterocycles. The number of amides is 1. The summed E-state index contributed by atoms with van der Waals surface area (Å²) in [5.41, 5.74) is 1.24. The number of aromatic nitrogens is 5. The molecule has 0 fully saturated rings. The van der Waals surface area contributed by atoms with E-state index < -0.39 is 0 Å². The Labute approximate surface area is 171 Å². The molecule has 148 valence electrons. The smallest absolute Gasteiger partial charge is 0.271 e. The minimum atomic E-state index is -0.387. The fourth-order valence-corrected chi connectivity index (χ4v) is 3.83. The fraction of sp³-hybridized carbons (Fsp3) is 0.182. The Bertz CT molecular complexity index is 1300. The van der Waals surface area contributed by atoms with Gasteiger partial charge in [0.1, 0.15) is 17.8 Å². The quantitative estimate of drug-likeness (QED) is 0.569. The van der Waals surface area contributed by atoms with Crippen molar-refractivity contribution in [2.45, 2.75) is 25.4 Å². The lowest BCUT2D eigenvalue weighted by Crippen LogP contribution is -2.38. The molecule has 1 N–H and O–H groups in total. The van der Waals surface area contributed by atoms with Crippen molar-refractivity contribution in [3.05, 3.63) is 83.1 Å². The Kier molecular flexibility index (Phi) is 4.51. The van der Waals surface area contributed by atoms with Crippen LogP contribution in [0.15, 0.2) is 66.0 Å². The second-order valence-electron chi connectivity index (χ2n) is 7.13. The van der Waals surface area contributed by atoms with Crippen LogP contribution in [0.3, 0.4) is 0 Å². The molecule has 3 aromatic heterocycles. The van der Waals surface area contributed by atoms with Gasteiger partial charge in [0.2, 0.25) is 0 Å². The van der Waals surface area contributed by atoms with Crippen molar-refractivity contribution in [1.82, 2.24) is 29.8 Å². The van der Waals surface area contributed by atoms with Crippen LogP contribution in [0.1, 0.15) is 35.2 Å². The highest BCUT2D eigenvalue weighted by Gasteiger charge is 2.26. The van der Waals surface area contributed by atoms with Crippen LogP contribution in [0.4, 0.5) is 0 Å². The van der Waals surface area contributed by atoms with Crippen molar-refractivity contribution in [2.75, 3.05) is 0 Å². The lowest BCUT2D eigenvalue weighted by Gasteiger charge is -2.26. The topological polar surface area (TPSA) is 103 Å². The number of rotatable bonds is 3. The number of benzene rings is 1. The molecule has 1 aliphatic rings. The normalized spacial score (nSPS) is 15.5. The van der Waals surface area contributed by atoms with Crippen LogP contribution < -0.4 is 10.9 Å². The fourth-order valence-electron chi connectivity index (χ4n) is 3.83. The molecule has 1 amide bonds. The van der Waals surface area contributed by atoms with E-state index in [1.54, 1.807) is 23.0 Å². The molecule has 4 heterocycles. The lowest BCUT2D eigenvalue weighted by molar-refractivity contribution is 0.0924. The third-order valence-electron chi connectivity index (χ3n) is 5.26. The highest BCUT2D eigenvalue weighted by Crippen LogP contribution is 2.25. The average molecular weight is 398 g/mol. The van der Waals surface area contributed by atoms with E-state index in [2.05, 4.69) is 25.3 Å². The largest absolute Gasteiger partial charge is 0.341 e. The predicted octanol–water partition coefficient (Wildman–Crippen LogP) is 2.51. The summed E-state index contributed by atoms with van der Waals surface area (Å²) >= 11 is 0. The Morgan fingerprint density at radius 2 is 1.97 bits per heavy atom. The van der Waals surface area contributed by atoms with Crippen LogP contribution in [0, 0.1) is 0 Å². The summed E-state index contributed by atoms with van der Waals surface area (Å²) < 4.78 is 1.62. The summed E-state index contributed by atoms with van der Waals surface area (Å²) in [6, 6.07) is 12.3. The van der Waals surface area contributed by atoms with E-state index in [1.165, 1.54) is 12.4 Å². The van der Waals surface area contributed by atoms with Gasteiger partial charge in [0, 0.05) is 30.4 Å². The van der Waals surface area contributed by atoms with Gasteiger partial charge >= 0.3 is 0 Å². The number of hydrogen-bond acceptors (Lipinski definition) is 6. The standard InChI is InChI=1S/C22H18N6O2/c29-19-12-18(16-8-9-23-13-25-16)26-21-17(6-3-11-28(19)21)27-22(30)20-15-5-2-1-4-14(15)7-10-24-20/h1-2,4-5,7-10,12-13,17H,3,6,11H2,(H,27,30). The number of carbonyl (C=O) groups excluding carboxylic acids is 1. The minimum absolute atomic E-state index is 0.157.